The Morgan fingerprint density at radius 1 is 1.00 bits per heavy atom. The SMILES string of the molecule is CN(Cc1ccccc1)Cc1cn2c(-c3ccccc3)ncc2c(=O)[nH]1. The Hall–Kier alpha value is -3.18. The molecular formula is C21H20N4O. The number of hydrogen-bond acceptors (Lipinski definition) is 3. The largest absolute Gasteiger partial charge is 0.322 e. The Labute approximate surface area is 151 Å². The summed E-state index contributed by atoms with van der Waals surface area (Å²) in [5.41, 5.74) is 3.52. The van der Waals surface area contributed by atoms with Gasteiger partial charge in [-0.1, -0.05) is 60.7 Å². The molecule has 1 N–H and O–H groups in total. The molecule has 0 aliphatic heterocycles. The molecule has 0 fully saturated rings. The maximum Gasteiger partial charge on any atom is 0.274 e. The van der Waals surface area contributed by atoms with Gasteiger partial charge in [0.1, 0.15) is 11.3 Å². The lowest BCUT2D eigenvalue weighted by Gasteiger charge is -2.17. The maximum absolute atomic E-state index is 12.4. The molecule has 0 amide bonds. The lowest BCUT2D eigenvalue weighted by Crippen LogP contribution is -2.21. The highest BCUT2D eigenvalue weighted by Gasteiger charge is 2.11. The van der Waals surface area contributed by atoms with Crippen molar-refractivity contribution in [1.82, 2.24) is 19.3 Å². The van der Waals surface area contributed by atoms with Gasteiger partial charge in [-0.2, -0.15) is 0 Å². The first-order valence-corrected chi connectivity index (χ1v) is 8.58. The standard InChI is InChI=1S/C21H20N4O/c1-24(13-16-8-4-2-5-9-16)14-18-15-25-19(21(26)23-18)12-22-20(25)17-10-6-3-7-11-17/h2-12,15H,13-14H2,1H3,(H,23,26). The second kappa shape index (κ2) is 6.98. The average Bonchev–Trinajstić information content (AvgIpc) is 3.07. The van der Waals surface area contributed by atoms with Crippen molar-refractivity contribution < 1.29 is 0 Å². The van der Waals surface area contributed by atoms with E-state index in [4.69, 9.17) is 0 Å². The number of aromatic amines is 1. The first kappa shape index (κ1) is 16.3. The molecular weight excluding hydrogens is 324 g/mol. The van der Waals surface area contributed by atoms with E-state index in [1.807, 2.05) is 66.2 Å². The zero-order valence-corrected chi connectivity index (χ0v) is 14.6. The minimum absolute atomic E-state index is 0.120. The van der Waals surface area contributed by atoms with Crippen LogP contribution < -0.4 is 5.56 Å². The smallest absolute Gasteiger partial charge is 0.274 e. The molecule has 0 aliphatic rings. The normalized spacial score (nSPS) is 11.3. The van der Waals surface area contributed by atoms with Gasteiger partial charge in [0, 0.05) is 30.5 Å². The highest BCUT2D eigenvalue weighted by Crippen LogP contribution is 2.18. The van der Waals surface area contributed by atoms with E-state index in [9.17, 15) is 4.79 Å². The summed E-state index contributed by atoms with van der Waals surface area (Å²) in [7, 11) is 2.04. The van der Waals surface area contributed by atoms with Gasteiger partial charge >= 0.3 is 0 Å². The van der Waals surface area contributed by atoms with Crippen LogP contribution in [0.25, 0.3) is 16.9 Å². The van der Waals surface area contributed by atoms with E-state index in [1.165, 1.54) is 5.56 Å². The lowest BCUT2D eigenvalue weighted by molar-refractivity contribution is 0.314. The first-order chi connectivity index (χ1) is 12.7. The Kier molecular flexibility index (Phi) is 4.37. The van der Waals surface area contributed by atoms with Crippen LogP contribution in [-0.4, -0.2) is 26.3 Å². The van der Waals surface area contributed by atoms with Crippen molar-refractivity contribution in [1.29, 1.82) is 0 Å². The second-order valence-electron chi connectivity index (χ2n) is 6.47. The van der Waals surface area contributed by atoms with Gasteiger partial charge in [-0.15, -0.1) is 0 Å². The molecule has 0 unspecified atom stereocenters. The van der Waals surface area contributed by atoms with Gasteiger partial charge in [0.15, 0.2) is 0 Å². The second-order valence-corrected chi connectivity index (χ2v) is 6.47. The third-order valence-corrected chi connectivity index (χ3v) is 4.36. The minimum atomic E-state index is -0.120. The summed E-state index contributed by atoms with van der Waals surface area (Å²) in [6.07, 6.45) is 3.59. The Balaban J connectivity index is 1.65. The first-order valence-electron chi connectivity index (χ1n) is 8.58. The third-order valence-electron chi connectivity index (χ3n) is 4.36. The van der Waals surface area contributed by atoms with E-state index in [1.54, 1.807) is 6.20 Å². The Morgan fingerprint density at radius 3 is 2.42 bits per heavy atom. The molecule has 4 aromatic rings. The Bertz CT molecular complexity index is 1070. The zero-order valence-electron chi connectivity index (χ0n) is 14.6. The number of H-pyrrole nitrogens is 1. The summed E-state index contributed by atoms with van der Waals surface area (Å²) in [4.78, 5) is 22.0. The molecule has 0 atom stereocenters. The fourth-order valence-electron chi connectivity index (χ4n) is 3.18. The summed E-state index contributed by atoms with van der Waals surface area (Å²) < 4.78 is 1.87. The molecule has 2 aromatic heterocycles. The van der Waals surface area contributed by atoms with Crippen LogP contribution in [0.3, 0.4) is 0 Å². The lowest BCUT2D eigenvalue weighted by atomic mass is 10.2. The molecule has 0 saturated carbocycles. The number of nitrogens with one attached hydrogen (secondary N) is 1. The van der Waals surface area contributed by atoms with Crippen LogP contribution in [0.2, 0.25) is 0 Å². The van der Waals surface area contributed by atoms with E-state index in [0.29, 0.717) is 12.1 Å². The maximum atomic E-state index is 12.4. The molecule has 5 nitrogen and oxygen atoms in total. The van der Waals surface area contributed by atoms with Gasteiger partial charge in [-0.3, -0.25) is 14.1 Å². The van der Waals surface area contributed by atoms with Crippen molar-refractivity contribution >= 4 is 5.52 Å². The molecule has 130 valence electrons. The summed E-state index contributed by atoms with van der Waals surface area (Å²) in [6, 6.07) is 20.2. The van der Waals surface area contributed by atoms with Gasteiger partial charge < -0.3 is 4.98 Å². The highest BCUT2D eigenvalue weighted by molar-refractivity contribution is 5.61. The molecule has 4 rings (SSSR count). The summed E-state index contributed by atoms with van der Waals surface area (Å²) >= 11 is 0. The molecule has 0 bridgehead atoms. The molecule has 0 spiro atoms. The van der Waals surface area contributed by atoms with E-state index in [0.717, 1.165) is 23.6 Å². The van der Waals surface area contributed by atoms with Crippen molar-refractivity contribution in [2.24, 2.45) is 0 Å². The number of hydrogen-bond donors (Lipinski definition) is 1. The highest BCUT2D eigenvalue weighted by atomic mass is 16.1. The van der Waals surface area contributed by atoms with Gasteiger partial charge in [0.05, 0.1) is 6.20 Å². The van der Waals surface area contributed by atoms with Crippen molar-refractivity contribution in [3.8, 4) is 11.4 Å². The topological polar surface area (TPSA) is 53.4 Å². The molecule has 5 heteroatoms. The molecule has 2 heterocycles. The third kappa shape index (κ3) is 3.30. The van der Waals surface area contributed by atoms with Gasteiger partial charge in [0.2, 0.25) is 0 Å². The van der Waals surface area contributed by atoms with Crippen LogP contribution in [0.4, 0.5) is 0 Å². The van der Waals surface area contributed by atoms with Gasteiger partial charge in [0.25, 0.3) is 5.56 Å². The van der Waals surface area contributed by atoms with Crippen LogP contribution in [0.5, 0.6) is 0 Å². The summed E-state index contributed by atoms with van der Waals surface area (Å²) in [5, 5.41) is 0. The van der Waals surface area contributed by atoms with Gasteiger partial charge in [-0.05, 0) is 12.6 Å². The van der Waals surface area contributed by atoms with Crippen LogP contribution in [0.15, 0.2) is 77.9 Å². The number of rotatable bonds is 5. The summed E-state index contributed by atoms with van der Waals surface area (Å²) in [5.74, 6) is 0.777. The molecule has 0 saturated heterocycles. The Morgan fingerprint density at radius 2 is 1.69 bits per heavy atom. The van der Waals surface area contributed by atoms with Crippen LogP contribution >= 0.6 is 0 Å². The van der Waals surface area contributed by atoms with Crippen molar-refractivity contribution in [3.05, 3.63) is 94.7 Å². The molecule has 0 radical (unpaired) electrons. The van der Waals surface area contributed by atoms with E-state index in [2.05, 4.69) is 27.0 Å². The quantitative estimate of drug-likeness (QED) is 0.604. The number of nitrogens with zero attached hydrogens (tertiary/aromatic N) is 3. The fraction of sp³-hybridized carbons (Fsp3) is 0.143. The minimum Gasteiger partial charge on any atom is -0.322 e. The van der Waals surface area contributed by atoms with Crippen LogP contribution in [0.1, 0.15) is 11.3 Å². The van der Waals surface area contributed by atoms with Crippen molar-refractivity contribution in [3.63, 3.8) is 0 Å². The van der Waals surface area contributed by atoms with Gasteiger partial charge in [-0.25, -0.2) is 4.98 Å². The summed E-state index contributed by atoms with van der Waals surface area (Å²) in [6.45, 7) is 1.46. The zero-order chi connectivity index (χ0) is 17.9. The number of aromatic nitrogens is 3. The predicted octanol–water partition coefficient (Wildman–Crippen LogP) is 3.32. The number of imidazole rings is 1. The molecule has 26 heavy (non-hydrogen) atoms. The molecule has 0 aliphatic carbocycles. The predicted molar refractivity (Wildman–Crippen MR) is 103 cm³/mol. The average molecular weight is 344 g/mol. The monoisotopic (exact) mass is 344 g/mol. The van der Waals surface area contributed by atoms with Crippen LogP contribution in [-0.2, 0) is 13.1 Å². The van der Waals surface area contributed by atoms with Crippen molar-refractivity contribution in [2.75, 3.05) is 7.05 Å². The van der Waals surface area contributed by atoms with E-state index in [-0.39, 0.29) is 5.56 Å². The van der Waals surface area contributed by atoms with E-state index >= 15 is 0 Å². The number of benzene rings is 2. The molecule has 2 aromatic carbocycles. The number of fused-ring (bicyclic) bond motifs is 1. The van der Waals surface area contributed by atoms with Crippen molar-refractivity contribution in [2.45, 2.75) is 13.1 Å². The van der Waals surface area contributed by atoms with Crippen LogP contribution in [0, 0.1) is 0 Å². The fourth-order valence-corrected chi connectivity index (χ4v) is 3.18. The van der Waals surface area contributed by atoms with E-state index < -0.39 is 0 Å².